The molecule has 0 atom stereocenters. The van der Waals surface area contributed by atoms with E-state index in [1.807, 2.05) is 5.01 Å². The van der Waals surface area contributed by atoms with E-state index in [-0.39, 0.29) is 5.54 Å². The summed E-state index contributed by atoms with van der Waals surface area (Å²) in [6, 6.07) is 8.87. The van der Waals surface area contributed by atoms with Crippen molar-refractivity contribution in [2.75, 3.05) is 6.54 Å². The number of nitrogens with zero attached hydrogens (tertiary/aromatic N) is 3. The van der Waals surface area contributed by atoms with Crippen LogP contribution >= 0.6 is 0 Å². The topological polar surface area (TPSA) is 81.8 Å². The van der Waals surface area contributed by atoms with Crippen molar-refractivity contribution in [1.82, 2.24) is 15.3 Å². The number of rotatable bonds is 8. The number of H-pyrrole nitrogens is 1. The molecule has 1 heterocycles. The van der Waals surface area contributed by atoms with Gasteiger partial charge in [0.2, 0.25) is 0 Å². The summed E-state index contributed by atoms with van der Waals surface area (Å²) in [5, 5.41) is 15.2. The van der Waals surface area contributed by atoms with E-state index in [2.05, 4.69) is 57.8 Å². The predicted octanol–water partition coefficient (Wildman–Crippen LogP) is 5.00. The minimum absolute atomic E-state index is 0.0995. The summed E-state index contributed by atoms with van der Waals surface area (Å²) < 4.78 is 0. The number of fused-ring (bicyclic) bond motifs is 1. The molecule has 2 aliphatic rings. The first kappa shape index (κ1) is 20.0. The number of hydrogen-bond donors (Lipinski definition) is 3. The van der Waals surface area contributed by atoms with Crippen LogP contribution in [0.25, 0.3) is 10.9 Å². The highest BCUT2D eigenvalue weighted by Crippen LogP contribution is 2.39. The van der Waals surface area contributed by atoms with Crippen LogP contribution < -0.4 is 11.2 Å². The van der Waals surface area contributed by atoms with E-state index in [4.69, 9.17) is 5.84 Å². The van der Waals surface area contributed by atoms with Crippen LogP contribution in [0.1, 0.15) is 63.4 Å². The van der Waals surface area contributed by atoms with Crippen LogP contribution in [0.4, 0.5) is 0 Å². The Hall–Kier alpha value is -2.34. The molecule has 0 spiro atoms. The molecule has 0 saturated heterocycles. The Morgan fingerprint density at radius 1 is 1.17 bits per heavy atom. The molecule has 2 saturated carbocycles. The van der Waals surface area contributed by atoms with E-state index >= 15 is 0 Å². The van der Waals surface area contributed by atoms with Gasteiger partial charge in [0.15, 0.2) is 0 Å². The van der Waals surface area contributed by atoms with Crippen LogP contribution in [0.5, 0.6) is 0 Å². The number of para-hydroxylation sites is 1. The quantitative estimate of drug-likeness (QED) is 0.335. The Morgan fingerprint density at radius 2 is 1.93 bits per heavy atom. The molecular weight excluding hydrogens is 360 g/mol. The van der Waals surface area contributed by atoms with Gasteiger partial charge < -0.3 is 16.1 Å². The summed E-state index contributed by atoms with van der Waals surface area (Å²) in [6.07, 6.45) is 13.9. The number of hydrogen-bond acceptors (Lipinski definition) is 3. The summed E-state index contributed by atoms with van der Waals surface area (Å²) in [7, 11) is 0. The van der Waals surface area contributed by atoms with Crippen LogP contribution in [0.3, 0.4) is 0 Å². The molecule has 29 heavy (non-hydrogen) atoms. The molecule has 0 radical (unpaired) electrons. The third-order valence-corrected chi connectivity index (χ3v) is 6.89. The monoisotopic (exact) mass is 394 g/mol. The summed E-state index contributed by atoms with van der Waals surface area (Å²) in [5.41, 5.74) is 3.51. The maximum Gasteiger partial charge on any atom is 0.0599 e. The van der Waals surface area contributed by atoms with Crippen molar-refractivity contribution >= 4 is 10.9 Å². The van der Waals surface area contributed by atoms with Gasteiger partial charge in [-0.3, -0.25) is 0 Å². The van der Waals surface area contributed by atoms with Crippen LogP contribution in [0.2, 0.25) is 0 Å². The lowest BCUT2D eigenvalue weighted by Crippen LogP contribution is -2.51. The van der Waals surface area contributed by atoms with Gasteiger partial charge in [-0.2, -0.15) is 0 Å². The van der Waals surface area contributed by atoms with E-state index in [1.165, 1.54) is 48.6 Å². The summed E-state index contributed by atoms with van der Waals surface area (Å²) in [6.45, 7) is 5.43. The van der Waals surface area contributed by atoms with Crippen LogP contribution in [0, 0.1) is 0 Å². The normalized spacial score (nSPS) is 19.9. The van der Waals surface area contributed by atoms with Crippen molar-refractivity contribution in [3.8, 4) is 0 Å². The van der Waals surface area contributed by atoms with Gasteiger partial charge in [0, 0.05) is 23.6 Å². The summed E-state index contributed by atoms with van der Waals surface area (Å²) in [5.74, 6) is 5.48. The fourth-order valence-electron chi connectivity index (χ4n) is 5.27. The zero-order valence-electron chi connectivity index (χ0n) is 17.4. The zero-order chi connectivity index (χ0) is 20.1. The molecule has 2 fully saturated rings. The fraction of sp³-hybridized carbons (Fsp3) is 0.565. The van der Waals surface area contributed by atoms with E-state index < -0.39 is 0 Å². The SMILES string of the molecule is C=C(N(/N=N\N)C1CCCCC1)C1(NCCc2c[nH]c3ccccc23)CCCC1. The number of aromatic amines is 1. The highest BCUT2D eigenvalue weighted by Gasteiger charge is 2.40. The van der Waals surface area contributed by atoms with Crippen molar-refractivity contribution < 1.29 is 0 Å². The van der Waals surface area contributed by atoms with E-state index in [1.54, 1.807) is 0 Å². The lowest BCUT2D eigenvalue weighted by molar-refractivity contribution is 0.155. The molecule has 4 N–H and O–H groups in total. The number of benzene rings is 1. The van der Waals surface area contributed by atoms with Gasteiger partial charge in [0.1, 0.15) is 0 Å². The van der Waals surface area contributed by atoms with Gasteiger partial charge in [0.05, 0.1) is 17.3 Å². The summed E-state index contributed by atoms with van der Waals surface area (Å²) >= 11 is 0. The Bertz CT molecular complexity index is 842. The fourth-order valence-corrected chi connectivity index (χ4v) is 5.27. The Labute approximate surface area is 173 Å². The lowest BCUT2D eigenvalue weighted by atomic mass is 9.89. The van der Waals surface area contributed by atoms with Gasteiger partial charge in [-0.1, -0.05) is 62.1 Å². The van der Waals surface area contributed by atoms with Gasteiger partial charge in [0.25, 0.3) is 0 Å². The second-order valence-corrected chi connectivity index (χ2v) is 8.61. The second kappa shape index (κ2) is 8.99. The number of nitrogens with one attached hydrogen (secondary N) is 2. The lowest BCUT2D eigenvalue weighted by Gasteiger charge is -2.41. The average molecular weight is 395 g/mol. The molecule has 0 amide bonds. The predicted molar refractivity (Wildman–Crippen MR) is 118 cm³/mol. The molecule has 0 aliphatic heterocycles. The molecule has 156 valence electrons. The van der Waals surface area contributed by atoms with Crippen LogP contribution in [-0.2, 0) is 6.42 Å². The molecular formula is C23H34N6. The van der Waals surface area contributed by atoms with Crippen molar-refractivity contribution in [1.29, 1.82) is 0 Å². The third-order valence-electron chi connectivity index (χ3n) is 6.89. The Balaban J connectivity index is 1.46. The molecule has 6 heteroatoms. The van der Waals surface area contributed by atoms with E-state index in [0.29, 0.717) is 6.04 Å². The number of aromatic nitrogens is 1. The average Bonchev–Trinajstić information content (AvgIpc) is 3.41. The summed E-state index contributed by atoms with van der Waals surface area (Å²) in [4.78, 5) is 3.38. The first-order valence-electron chi connectivity index (χ1n) is 11.1. The molecule has 1 aromatic heterocycles. The van der Waals surface area contributed by atoms with Gasteiger partial charge in [-0.05, 0) is 49.0 Å². The Kier molecular flexibility index (Phi) is 6.19. The number of nitrogens with two attached hydrogens (primary N) is 1. The molecule has 0 bridgehead atoms. The Morgan fingerprint density at radius 3 is 2.69 bits per heavy atom. The van der Waals surface area contributed by atoms with Crippen LogP contribution in [0.15, 0.2) is 53.2 Å². The second-order valence-electron chi connectivity index (χ2n) is 8.61. The first-order valence-corrected chi connectivity index (χ1v) is 11.1. The van der Waals surface area contributed by atoms with Crippen LogP contribution in [-0.4, -0.2) is 28.1 Å². The van der Waals surface area contributed by atoms with E-state index in [9.17, 15) is 0 Å². The molecule has 1 aromatic carbocycles. The standard InChI is InChI=1S/C23H34N6/c1-18(29(28-27-24)20-9-3-2-4-10-20)23(14-7-8-15-23)26-16-13-19-17-25-22-12-6-5-11-21(19)22/h5-6,11-12,17,20,25-26H,1-4,7-10,13-16H2,(H2,24,28). The highest BCUT2D eigenvalue weighted by atomic mass is 15.6. The molecule has 2 aliphatic carbocycles. The van der Waals surface area contributed by atoms with Gasteiger partial charge >= 0.3 is 0 Å². The van der Waals surface area contributed by atoms with Crippen molar-refractivity contribution in [2.45, 2.75) is 75.8 Å². The molecule has 6 nitrogen and oxygen atoms in total. The zero-order valence-corrected chi connectivity index (χ0v) is 17.4. The molecule has 2 aromatic rings. The smallest absolute Gasteiger partial charge is 0.0599 e. The van der Waals surface area contributed by atoms with E-state index in [0.717, 1.165) is 44.3 Å². The van der Waals surface area contributed by atoms with Crippen molar-refractivity contribution in [3.05, 3.63) is 48.3 Å². The maximum atomic E-state index is 5.48. The van der Waals surface area contributed by atoms with Gasteiger partial charge in [-0.25, -0.2) is 5.01 Å². The minimum atomic E-state index is -0.0995. The van der Waals surface area contributed by atoms with Crippen molar-refractivity contribution in [2.24, 2.45) is 16.3 Å². The third kappa shape index (κ3) is 4.17. The van der Waals surface area contributed by atoms with Crippen molar-refractivity contribution in [3.63, 3.8) is 0 Å². The first-order chi connectivity index (χ1) is 14.2. The van der Waals surface area contributed by atoms with Gasteiger partial charge in [-0.15, -0.1) is 0 Å². The largest absolute Gasteiger partial charge is 0.361 e. The molecule has 0 unspecified atom stereocenters. The highest BCUT2D eigenvalue weighted by molar-refractivity contribution is 5.83. The minimum Gasteiger partial charge on any atom is -0.361 e. The molecule has 4 rings (SSSR count). The maximum absolute atomic E-state index is 5.48.